The molecule has 0 bridgehead atoms. The highest BCUT2D eigenvalue weighted by Gasteiger charge is 2.25. The maximum Gasteiger partial charge on any atom is 0.267 e. The summed E-state index contributed by atoms with van der Waals surface area (Å²) in [6.45, 7) is 5.09. The molecule has 0 radical (unpaired) electrons. The van der Waals surface area contributed by atoms with Crippen molar-refractivity contribution in [2.24, 2.45) is 0 Å². The molecule has 2 aromatic heterocycles. The van der Waals surface area contributed by atoms with Crippen molar-refractivity contribution in [3.63, 3.8) is 0 Å². The van der Waals surface area contributed by atoms with E-state index >= 15 is 0 Å². The summed E-state index contributed by atoms with van der Waals surface area (Å²) in [5.74, 6) is 1.47. The number of likely N-dealkylation sites (N-methyl/N-ethyl adjacent to an activating group) is 1. The van der Waals surface area contributed by atoms with Crippen molar-refractivity contribution >= 4 is 33.3 Å². The maximum atomic E-state index is 13.9. The largest absolute Gasteiger partial charge is 0.497 e. The van der Waals surface area contributed by atoms with Crippen LogP contribution in [-0.2, 0) is 18.7 Å². The number of fused-ring (bicyclic) bond motifs is 3. The molecule has 5 rings (SSSR count). The van der Waals surface area contributed by atoms with Crippen molar-refractivity contribution in [2.75, 3.05) is 20.2 Å². The maximum absolute atomic E-state index is 13.9. The Bertz CT molecular complexity index is 1310. The number of hydrogen-bond acceptors (Lipinski definition) is 6. The third-order valence-corrected chi connectivity index (χ3v) is 8.01. The smallest absolute Gasteiger partial charge is 0.267 e. The molecule has 0 saturated carbocycles. The summed E-state index contributed by atoms with van der Waals surface area (Å²) in [5, 5.41) is 1.50. The molecule has 0 aliphatic carbocycles. The number of nitrogens with zero attached hydrogens (tertiary/aromatic N) is 3. The third-order valence-electron chi connectivity index (χ3n) is 5.89. The molecule has 0 spiro atoms. The molecule has 0 unspecified atom stereocenters. The SMILES string of the molecule is CCN1CCc2c(sc3nc(SCc4ccccc4)n(-c4cccc(OC)c4)c(=O)c23)C1. The van der Waals surface area contributed by atoms with E-state index in [2.05, 4.69) is 24.0 Å². The van der Waals surface area contributed by atoms with Crippen molar-refractivity contribution in [1.29, 1.82) is 0 Å². The molecule has 1 aliphatic heterocycles. The van der Waals surface area contributed by atoms with E-state index in [1.54, 1.807) is 34.8 Å². The van der Waals surface area contributed by atoms with E-state index in [4.69, 9.17) is 9.72 Å². The summed E-state index contributed by atoms with van der Waals surface area (Å²) in [6.07, 6.45) is 0.898. The van der Waals surface area contributed by atoms with E-state index in [0.717, 1.165) is 53.5 Å². The van der Waals surface area contributed by atoms with Crippen LogP contribution < -0.4 is 10.3 Å². The number of thiophene rings is 1. The van der Waals surface area contributed by atoms with E-state index in [9.17, 15) is 4.79 Å². The van der Waals surface area contributed by atoms with Crippen molar-refractivity contribution in [3.05, 3.63) is 81.0 Å². The predicted octanol–water partition coefficient (Wildman–Crippen LogP) is 5.13. The first-order valence-electron chi connectivity index (χ1n) is 10.8. The number of thioether (sulfide) groups is 1. The molecule has 2 aromatic carbocycles. The highest BCUT2D eigenvalue weighted by molar-refractivity contribution is 7.98. The third kappa shape index (κ3) is 3.96. The van der Waals surface area contributed by atoms with Crippen molar-refractivity contribution in [2.45, 2.75) is 30.8 Å². The van der Waals surface area contributed by atoms with Gasteiger partial charge < -0.3 is 4.74 Å². The van der Waals surface area contributed by atoms with Crippen molar-refractivity contribution < 1.29 is 4.74 Å². The minimum atomic E-state index is 0.0151. The van der Waals surface area contributed by atoms with Crippen LogP contribution in [0.25, 0.3) is 15.9 Å². The summed E-state index contributed by atoms with van der Waals surface area (Å²) in [6, 6.07) is 17.9. The standard InChI is InChI=1S/C25H25N3O2S2/c1-3-27-13-12-20-21(15-27)32-23-22(20)24(29)28(18-10-7-11-19(14-18)30-2)25(26-23)31-16-17-8-5-4-6-9-17/h4-11,14H,3,12-13,15-16H2,1-2H3. The van der Waals surface area contributed by atoms with E-state index in [1.165, 1.54) is 16.0 Å². The van der Waals surface area contributed by atoms with Gasteiger partial charge in [0.15, 0.2) is 5.16 Å². The Morgan fingerprint density at radius 3 is 2.78 bits per heavy atom. The average Bonchev–Trinajstić information content (AvgIpc) is 3.21. The molecule has 0 saturated heterocycles. The second-order valence-corrected chi connectivity index (χ2v) is 9.84. The summed E-state index contributed by atoms with van der Waals surface area (Å²) in [4.78, 5) is 23.5. The number of hydrogen-bond donors (Lipinski definition) is 0. The van der Waals surface area contributed by atoms with Crippen LogP contribution in [0.1, 0.15) is 22.9 Å². The van der Waals surface area contributed by atoms with Crippen LogP contribution in [0.2, 0.25) is 0 Å². The van der Waals surface area contributed by atoms with E-state index in [-0.39, 0.29) is 5.56 Å². The minimum Gasteiger partial charge on any atom is -0.497 e. The van der Waals surface area contributed by atoms with Gasteiger partial charge in [-0.25, -0.2) is 4.98 Å². The number of ether oxygens (including phenoxy) is 1. The Kier molecular flexibility index (Phi) is 6.04. The topological polar surface area (TPSA) is 47.4 Å². The van der Waals surface area contributed by atoms with Gasteiger partial charge in [0.05, 0.1) is 18.2 Å². The first-order valence-corrected chi connectivity index (χ1v) is 12.6. The van der Waals surface area contributed by atoms with Crippen LogP contribution in [0.15, 0.2) is 64.5 Å². The molecule has 0 amide bonds. The molecular weight excluding hydrogens is 438 g/mol. The Hall–Kier alpha value is -2.61. The van der Waals surface area contributed by atoms with Crippen LogP contribution in [0.5, 0.6) is 5.75 Å². The fourth-order valence-electron chi connectivity index (χ4n) is 4.14. The zero-order valence-corrected chi connectivity index (χ0v) is 19.8. The molecule has 4 aromatic rings. The highest BCUT2D eigenvalue weighted by Crippen LogP contribution is 2.35. The molecule has 0 N–H and O–H groups in total. The lowest BCUT2D eigenvalue weighted by Gasteiger charge is -2.25. The summed E-state index contributed by atoms with van der Waals surface area (Å²) in [5.41, 5.74) is 3.18. The first kappa shape index (κ1) is 21.2. The van der Waals surface area contributed by atoms with E-state index in [1.807, 2.05) is 42.5 Å². The fourth-order valence-corrected chi connectivity index (χ4v) is 6.41. The number of rotatable bonds is 6. The molecule has 3 heterocycles. The minimum absolute atomic E-state index is 0.0151. The lowest BCUT2D eigenvalue weighted by molar-refractivity contribution is 0.272. The molecule has 0 fully saturated rings. The highest BCUT2D eigenvalue weighted by atomic mass is 32.2. The van der Waals surface area contributed by atoms with Gasteiger partial charge >= 0.3 is 0 Å². The zero-order chi connectivity index (χ0) is 22.1. The first-order chi connectivity index (χ1) is 15.7. The molecule has 32 heavy (non-hydrogen) atoms. The van der Waals surface area contributed by atoms with E-state index < -0.39 is 0 Å². The molecule has 5 nitrogen and oxygen atoms in total. The van der Waals surface area contributed by atoms with Gasteiger partial charge in [-0.2, -0.15) is 0 Å². The summed E-state index contributed by atoms with van der Waals surface area (Å²) in [7, 11) is 1.64. The van der Waals surface area contributed by atoms with E-state index in [0.29, 0.717) is 5.16 Å². The molecule has 164 valence electrons. The second kappa shape index (κ2) is 9.10. The summed E-state index contributed by atoms with van der Waals surface area (Å²) >= 11 is 3.27. The molecule has 7 heteroatoms. The van der Waals surface area contributed by atoms with Gasteiger partial charge in [-0.1, -0.05) is 55.1 Å². The Morgan fingerprint density at radius 2 is 2.00 bits per heavy atom. The van der Waals surface area contributed by atoms with Crippen molar-refractivity contribution in [1.82, 2.24) is 14.5 Å². The molecular formula is C25H25N3O2S2. The fraction of sp³-hybridized carbons (Fsp3) is 0.280. The predicted molar refractivity (Wildman–Crippen MR) is 132 cm³/mol. The lowest BCUT2D eigenvalue weighted by atomic mass is 10.1. The monoisotopic (exact) mass is 463 g/mol. The normalized spacial score (nSPS) is 13.9. The summed E-state index contributed by atoms with van der Waals surface area (Å²) < 4.78 is 7.19. The van der Waals surface area contributed by atoms with Crippen LogP contribution in [0.3, 0.4) is 0 Å². The van der Waals surface area contributed by atoms with Gasteiger partial charge in [0.1, 0.15) is 10.6 Å². The van der Waals surface area contributed by atoms with Gasteiger partial charge in [0, 0.05) is 29.8 Å². The molecule has 1 aliphatic rings. The second-order valence-electron chi connectivity index (χ2n) is 7.81. The number of aromatic nitrogens is 2. The molecule has 0 atom stereocenters. The van der Waals surface area contributed by atoms with Gasteiger partial charge in [-0.05, 0) is 36.2 Å². The van der Waals surface area contributed by atoms with Crippen molar-refractivity contribution in [3.8, 4) is 11.4 Å². The Morgan fingerprint density at radius 1 is 1.16 bits per heavy atom. The Balaban J connectivity index is 1.66. The average molecular weight is 464 g/mol. The quantitative estimate of drug-likeness (QED) is 0.293. The van der Waals surface area contributed by atoms with Crippen LogP contribution in [0, 0.1) is 0 Å². The zero-order valence-electron chi connectivity index (χ0n) is 18.2. The van der Waals surface area contributed by atoms with Crippen LogP contribution >= 0.6 is 23.1 Å². The van der Waals surface area contributed by atoms with Crippen LogP contribution in [-0.4, -0.2) is 34.7 Å². The lowest BCUT2D eigenvalue weighted by Crippen LogP contribution is -2.30. The van der Waals surface area contributed by atoms with Gasteiger partial charge in [-0.15, -0.1) is 11.3 Å². The van der Waals surface area contributed by atoms with Crippen LogP contribution in [0.4, 0.5) is 0 Å². The number of methoxy groups -OCH3 is 1. The van der Waals surface area contributed by atoms with Gasteiger partial charge in [-0.3, -0.25) is 14.3 Å². The number of benzene rings is 2. The van der Waals surface area contributed by atoms with Gasteiger partial charge in [0.2, 0.25) is 0 Å². The van der Waals surface area contributed by atoms with Gasteiger partial charge in [0.25, 0.3) is 5.56 Å². The Labute approximate surface area is 195 Å².